The third-order valence-corrected chi connectivity index (χ3v) is 5.08. The normalized spacial score (nSPS) is 16.5. The van der Waals surface area contributed by atoms with Crippen LogP contribution in [0.4, 0.5) is 0 Å². The van der Waals surface area contributed by atoms with E-state index in [-0.39, 0.29) is 24.4 Å². The second kappa shape index (κ2) is 7.03. The Morgan fingerprint density at radius 1 is 1.36 bits per heavy atom. The second-order valence-corrected chi connectivity index (χ2v) is 6.96. The molecule has 0 aromatic carbocycles. The average Bonchev–Trinajstić information content (AvgIpc) is 2.99. The zero-order chi connectivity index (χ0) is 16.3. The minimum Gasteiger partial charge on any atom is -0.481 e. The van der Waals surface area contributed by atoms with Crippen molar-refractivity contribution in [2.45, 2.75) is 12.8 Å². The third-order valence-electron chi connectivity index (χ3n) is 2.83. The first-order valence-electron chi connectivity index (χ1n) is 6.18. The van der Waals surface area contributed by atoms with Crippen LogP contribution in [0.2, 0.25) is 0 Å². The molecule has 2 N–H and O–H groups in total. The third kappa shape index (κ3) is 3.73. The van der Waals surface area contributed by atoms with Crippen LogP contribution in [0.1, 0.15) is 28.1 Å². The summed E-state index contributed by atoms with van der Waals surface area (Å²) in [6.07, 6.45) is 1.79. The van der Waals surface area contributed by atoms with Gasteiger partial charge in [-0.15, -0.1) is 11.3 Å². The van der Waals surface area contributed by atoms with E-state index in [4.69, 9.17) is 22.4 Å². The molecule has 9 heteroatoms. The molecule has 0 bridgehead atoms. The van der Waals surface area contributed by atoms with Crippen molar-refractivity contribution in [3.63, 3.8) is 0 Å². The van der Waals surface area contributed by atoms with Crippen LogP contribution >= 0.6 is 35.3 Å². The van der Waals surface area contributed by atoms with Gasteiger partial charge in [-0.05, 0) is 23.9 Å². The molecular formula is C13H11NO5S3. The van der Waals surface area contributed by atoms with Gasteiger partial charge in [0.15, 0.2) is 0 Å². The highest BCUT2D eigenvalue weighted by Crippen LogP contribution is 2.34. The molecule has 0 radical (unpaired) electrons. The van der Waals surface area contributed by atoms with Crippen molar-refractivity contribution in [1.29, 1.82) is 0 Å². The predicted octanol–water partition coefficient (Wildman–Crippen LogP) is 2.51. The largest absolute Gasteiger partial charge is 0.481 e. The summed E-state index contributed by atoms with van der Waals surface area (Å²) in [6, 6.07) is 1.48. The number of aliphatic carboxylic acids is 1. The Labute approximate surface area is 139 Å². The van der Waals surface area contributed by atoms with E-state index >= 15 is 0 Å². The summed E-state index contributed by atoms with van der Waals surface area (Å²) >= 11 is 7.44. The fraction of sp³-hybridized carbons (Fsp3) is 0.231. The Balaban J connectivity index is 2.13. The molecule has 1 aliphatic rings. The van der Waals surface area contributed by atoms with Crippen LogP contribution in [0.5, 0.6) is 0 Å². The maximum atomic E-state index is 12.3. The number of aromatic carboxylic acids is 1. The highest BCUT2D eigenvalue weighted by Gasteiger charge is 2.32. The quantitative estimate of drug-likeness (QED) is 0.596. The summed E-state index contributed by atoms with van der Waals surface area (Å²) in [5.41, 5.74) is 0.140. The van der Waals surface area contributed by atoms with Gasteiger partial charge < -0.3 is 10.2 Å². The topological polar surface area (TPSA) is 94.9 Å². The molecule has 1 aliphatic heterocycles. The van der Waals surface area contributed by atoms with Crippen LogP contribution in [0, 0.1) is 0 Å². The fourth-order valence-electron chi connectivity index (χ4n) is 1.81. The number of thiophene rings is 1. The number of hydrogen-bond acceptors (Lipinski definition) is 6. The van der Waals surface area contributed by atoms with Gasteiger partial charge in [-0.2, -0.15) is 0 Å². The number of carboxylic acid groups (broad SMARTS) is 2. The first-order chi connectivity index (χ1) is 10.4. The van der Waals surface area contributed by atoms with Gasteiger partial charge in [-0.1, -0.05) is 24.0 Å². The SMILES string of the molecule is O=C(O)CCCN1C(=O)C(=Cc2sccc2C(=O)O)SC1=S. The summed E-state index contributed by atoms with van der Waals surface area (Å²) in [5.74, 6) is -2.29. The minimum atomic E-state index is -1.05. The molecule has 1 aromatic rings. The molecule has 0 unspecified atom stereocenters. The van der Waals surface area contributed by atoms with E-state index in [1.165, 1.54) is 28.4 Å². The summed E-state index contributed by atoms with van der Waals surface area (Å²) in [6.45, 7) is 0.241. The van der Waals surface area contributed by atoms with Crippen LogP contribution in [-0.4, -0.2) is 43.8 Å². The van der Waals surface area contributed by atoms with Crippen LogP contribution in [0.25, 0.3) is 6.08 Å². The van der Waals surface area contributed by atoms with Crippen molar-refractivity contribution < 1.29 is 24.6 Å². The Morgan fingerprint density at radius 3 is 2.73 bits per heavy atom. The molecule has 1 amide bonds. The van der Waals surface area contributed by atoms with Crippen molar-refractivity contribution in [3.05, 3.63) is 26.8 Å². The molecule has 2 heterocycles. The van der Waals surface area contributed by atoms with Gasteiger partial charge >= 0.3 is 11.9 Å². The van der Waals surface area contributed by atoms with E-state index < -0.39 is 11.9 Å². The molecule has 2 rings (SSSR count). The average molecular weight is 357 g/mol. The molecule has 0 spiro atoms. The van der Waals surface area contributed by atoms with Gasteiger partial charge in [0, 0.05) is 17.8 Å². The van der Waals surface area contributed by atoms with Crippen molar-refractivity contribution in [1.82, 2.24) is 4.90 Å². The summed E-state index contributed by atoms with van der Waals surface area (Å²) in [7, 11) is 0. The molecular weight excluding hydrogens is 346 g/mol. The molecule has 1 aromatic heterocycles. The smallest absolute Gasteiger partial charge is 0.337 e. The molecule has 6 nitrogen and oxygen atoms in total. The lowest BCUT2D eigenvalue weighted by Crippen LogP contribution is -2.29. The van der Waals surface area contributed by atoms with Crippen LogP contribution in [-0.2, 0) is 9.59 Å². The Kier molecular flexibility index (Phi) is 5.33. The Morgan fingerprint density at radius 2 is 2.09 bits per heavy atom. The van der Waals surface area contributed by atoms with Crippen LogP contribution in [0.15, 0.2) is 16.4 Å². The van der Waals surface area contributed by atoms with Gasteiger partial charge in [0.2, 0.25) is 0 Å². The lowest BCUT2D eigenvalue weighted by molar-refractivity contribution is -0.137. The Bertz CT molecular complexity index is 679. The lowest BCUT2D eigenvalue weighted by Gasteiger charge is -2.13. The fourth-order valence-corrected chi connectivity index (χ4v) is 3.99. The number of amides is 1. The van der Waals surface area contributed by atoms with Crippen LogP contribution in [0.3, 0.4) is 0 Å². The Hall–Kier alpha value is -1.71. The van der Waals surface area contributed by atoms with Crippen molar-refractivity contribution in [2.24, 2.45) is 0 Å². The number of thiocarbonyl (C=S) groups is 1. The van der Waals surface area contributed by atoms with E-state index in [1.807, 2.05) is 0 Å². The standard InChI is InChI=1S/C13H11NO5S3/c15-10(16)2-1-4-14-11(17)9(22-13(14)20)6-8-7(12(18)19)3-5-21-8/h3,5-6H,1-2,4H2,(H,15,16)(H,18,19). The maximum Gasteiger partial charge on any atom is 0.337 e. The van der Waals surface area contributed by atoms with Gasteiger partial charge in [-0.25, -0.2) is 4.79 Å². The van der Waals surface area contributed by atoms with Gasteiger partial charge in [-0.3, -0.25) is 14.5 Å². The molecule has 1 saturated heterocycles. The second-order valence-electron chi connectivity index (χ2n) is 4.33. The van der Waals surface area contributed by atoms with Crippen molar-refractivity contribution >= 4 is 63.6 Å². The van der Waals surface area contributed by atoms with E-state index in [9.17, 15) is 14.4 Å². The first kappa shape index (κ1) is 16.7. The summed E-state index contributed by atoms with van der Waals surface area (Å²) in [5, 5.41) is 19.3. The summed E-state index contributed by atoms with van der Waals surface area (Å²) in [4.78, 5) is 36.0. The van der Waals surface area contributed by atoms with Crippen molar-refractivity contribution in [2.75, 3.05) is 6.54 Å². The molecule has 22 heavy (non-hydrogen) atoms. The van der Waals surface area contributed by atoms with E-state index in [2.05, 4.69) is 0 Å². The van der Waals surface area contributed by atoms with E-state index in [0.717, 1.165) is 11.8 Å². The van der Waals surface area contributed by atoms with E-state index in [0.29, 0.717) is 20.5 Å². The predicted molar refractivity (Wildman–Crippen MR) is 88.0 cm³/mol. The summed E-state index contributed by atoms with van der Waals surface area (Å²) < 4.78 is 0.357. The number of carbonyl (C=O) groups is 3. The lowest BCUT2D eigenvalue weighted by atomic mass is 10.2. The first-order valence-corrected chi connectivity index (χ1v) is 8.28. The number of carbonyl (C=O) groups excluding carboxylic acids is 1. The number of hydrogen-bond donors (Lipinski definition) is 2. The van der Waals surface area contributed by atoms with Gasteiger partial charge in [0.1, 0.15) is 4.32 Å². The van der Waals surface area contributed by atoms with E-state index in [1.54, 1.807) is 5.38 Å². The van der Waals surface area contributed by atoms with Gasteiger partial charge in [0.05, 0.1) is 10.5 Å². The van der Waals surface area contributed by atoms with Crippen molar-refractivity contribution in [3.8, 4) is 0 Å². The molecule has 0 aliphatic carbocycles. The highest BCUT2D eigenvalue weighted by atomic mass is 32.2. The number of carboxylic acids is 2. The number of rotatable bonds is 6. The molecule has 1 fully saturated rings. The molecule has 116 valence electrons. The molecule has 0 saturated carbocycles. The monoisotopic (exact) mass is 357 g/mol. The zero-order valence-corrected chi connectivity index (χ0v) is 13.6. The van der Waals surface area contributed by atoms with Crippen LogP contribution < -0.4 is 0 Å². The minimum absolute atomic E-state index is 0.0375. The number of thioether (sulfide) groups is 1. The zero-order valence-electron chi connectivity index (χ0n) is 11.1. The maximum absolute atomic E-state index is 12.3. The van der Waals surface area contributed by atoms with Gasteiger partial charge in [0.25, 0.3) is 5.91 Å². The molecule has 0 atom stereocenters. The highest BCUT2D eigenvalue weighted by molar-refractivity contribution is 8.26. The number of nitrogens with zero attached hydrogens (tertiary/aromatic N) is 1.